The molecule has 0 saturated carbocycles. The van der Waals surface area contributed by atoms with Gasteiger partial charge in [0, 0.05) is 23.8 Å². The number of hydrogen-bond acceptors (Lipinski definition) is 3. The van der Waals surface area contributed by atoms with E-state index in [1.165, 1.54) is 11.1 Å². The van der Waals surface area contributed by atoms with Crippen LogP contribution in [0.25, 0.3) is 0 Å². The van der Waals surface area contributed by atoms with Crippen molar-refractivity contribution in [2.45, 2.75) is 33.4 Å². The van der Waals surface area contributed by atoms with Gasteiger partial charge in [0.15, 0.2) is 0 Å². The minimum atomic E-state index is 0.216. The summed E-state index contributed by atoms with van der Waals surface area (Å²) in [5.74, 6) is 0.933. The molecule has 0 spiro atoms. The van der Waals surface area contributed by atoms with E-state index in [0.717, 1.165) is 23.7 Å². The van der Waals surface area contributed by atoms with E-state index in [0.29, 0.717) is 0 Å². The van der Waals surface area contributed by atoms with Crippen LogP contribution < -0.4 is 10.1 Å². The predicted molar refractivity (Wildman–Crippen MR) is 82.0 cm³/mol. The van der Waals surface area contributed by atoms with Gasteiger partial charge >= 0.3 is 0 Å². The van der Waals surface area contributed by atoms with Crippen molar-refractivity contribution >= 4 is 0 Å². The number of pyridine rings is 1. The summed E-state index contributed by atoms with van der Waals surface area (Å²) in [7, 11) is 1.72. The first kappa shape index (κ1) is 14.5. The highest BCUT2D eigenvalue weighted by Gasteiger charge is 2.11. The summed E-state index contributed by atoms with van der Waals surface area (Å²) >= 11 is 0. The zero-order valence-corrected chi connectivity index (χ0v) is 12.6. The Morgan fingerprint density at radius 1 is 1.20 bits per heavy atom. The van der Waals surface area contributed by atoms with Crippen LogP contribution in [0.15, 0.2) is 36.4 Å². The van der Waals surface area contributed by atoms with Crippen LogP contribution >= 0.6 is 0 Å². The maximum atomic E-state index is 5.46. The fraction of sp³-hybridized carbons (Fsp3) is 0.353. The van der Waals surface area contributed by atoms with Gasteiger partial charge in [0.25, 0.3) is 0 Å². The first-order valence-electron chi connectivity index (χ1n) is 6.90. The van der Waals surface area contributed by atoms with Crippen LogP contribution in [0.1, 0.15) is 35.5 Å². The number of nitrogens with zero attached hydrogens (tertiary/aromatic N) is 1. The SMILES string of the molecule is COc1cc(C)ccc1C(C)NCc1cccc(C)n1. The molecule has 0 aliphatic heterocycles. The topological polar surface area (TPSA) is 34.1 Å². The van der Waals surface area contributed by atoms with E-state index in [9.17, 15) is 0 Å². The summed E-state index contributed by atoms with van der Waals surface area (Å²) in [6.45, 7) is 6.97. The Hall–Kier alpha value is -1.87. The summed E-state index contributed by atoms with van der Waals surface area (Å²) in [6, 6.07) is 12.6. The maximum absolute atomic E-state index is 5.46. The molecule has 0 amide bonds. The van der Waals surface area contributed by atoms with E-state index in [1.807, 2.05) is 25.1 Å². The standard InChI is InChI=1S/C17H22N2O/c1-12-8-9-16(17(10-12)20-4)14(3)18-11-15-7-5-6-13(2)19-15/h5-10,14,18H,11H2,1-4H3. The Morgan fingerprint density at radius 2 is 2.00 bits per heavy atom. The quantitative estimate of drug-likeness (QED) is 0.902. The smallest absolute Gasteiger partial charge is 0.123 e. The highest BCUT2D eigenvalue weighted by molar-refractivity contribution is 5.39. The Bertz CT molecular complexity index is 581. The van der Waals surface area contributed by atoms with Gasteiger partial charge in [0.05, 0.1) is 12.8 Å². The summed E-state index contributed by atoms with van der Waals surface area (Å²) in [4.78, 5) is 4.50. The van der Waals surface area contributed by atoms with E-state index in [4.69, 9.17) is 4.74 Å². The molecular weight excluding hydrogens is 248 g/mol. The van der Waals surface area contributed by atoms with Crippen LogP contribution in [0.2, 0.25) is 0 Å². The summed E-state index contributed by atoms with van der Waals surface area (Å²) < 4.78 is 5.46. The molecular formula is C17H22N2O. The fourth-order valence-corrected chi connectivity index (χ4v) is 2.24. The van der Waals surface area contributed by atoms with Crippen LogP contribution in [0.5, 0.6) is 5.75 Å². The van der Waals surface area contributed by atoms with Gasteiger partial charge in [-0.25, -0.2) is 0 Å². The number of ether oxygens (including phenoxy) is 1. The van der Waals surface area contributed by atoms with Crippen molar-refractivity contribution in [1.29, 1.82) is 0 Å². The summed E-state index contributed by atoms with van der Waals surface area (Å²) in [6.07, 6.45) is 0. The summed E-state index contributed by atoms with van der Waals surface area (Å²) in [5.41, 5.74) is 4.48. The highest BCUT2D eigenvalue weighted by Crippen LogP contribution is 2.26. The molecule has 20 heavy (non-hydrogen) atoms. The molecule has 2 rings (SSSR count). The Morgan fingerprint density at radius 3 is 2.70 bits per heavy atom. The largest absolute Gasteiger partial charge is 0.496 e. The third-order valence-corrected chi connectivity index (χ3v) is 3.39. The molecule has 1 atom stereocenters. The molecule has 0 aliphatic rings. The van der Waals surface area contributed by atoms with E-state index >= 15 is 0 Å². The molecule has 1 unspecified atom stereocenters. The van der Waals surface area contributed by atoms with Crippen molar-refractivity contribution < 1.29 is 4.74 Å². The lowest BCUT2D eigenvalue weighted by molar-refractivity contribution is 0.401. The molecule has 0 aliphatic carbocycles. The monoisotopic (exact) mass is 270 g/mol. The molecule has 1 N–H and O–H groups in total. The van der Waals surface area contributed by atoms with Gasteiger partial charge in [-0.3, -0.25) is 4.98 Å². The van der Waals surface area contributed by atoms with Gasteiger partial charge in [0.2, 0.25) is 0 Å². The lowest BCUT2D eigenvalue weighted by Crippen LogP contribution is -2.19. The molecule has 0 saturated heterocycles. The molecule has 1 heterocycles. The number of aryl methyl sites for hydroxylation is 2. The summed E-state index contributed by atoms with van der Waals surface area (Å²) in [5, 5.41) is 3.49. The normalized spacial score (nSPS) is 12.2. The first-order valence-corrected chi connectivity index (χ1v) is 6.90. The highest BCUT2D eigenvalue weighted by atomic mass is 16.5. The van der Waals surface area contributed by atoms with Crippen LogP contribution in [0.4, 0.5) is 0 Å². The van der Waals surface area contributed by atoms with Crippen molar-refractivity contribution in [3.63, 3.8) is 0 Å². The zero-order chi connectivity index (χ0) is 14.5. The van der Waals surface area contributed by atoms with Gasteiger partial charge in [-0.2, -0.15) is 0 Å². The maximum Gasteiger partial charge on any atom is 0.123 e. The molecule has 1 aromatic carbocycles. The van der Waals surface area contributed by atoms with Crippen molar-refractivity contribution in [3.05, 3.63) is 58.9 Å². The molecule has 0 radical (unpaired) electrons. The number of hydrogen-bond donors (Lipinski definition) is 1. The van der Waals surface area contributed by atoms with Gasteiger partial charge in [-0.1, -0.05) is 18.2 Å². The third kappa shape index (κ3) is 3.58. The molecule has 106 valence electrons. The van der Waals surface area contributed by atoms with Crippen molar-refractivity contribution in [3.8, 4) is 5.75 Å². The van der Waals surface area contributed by atoms with Crippen LogP contribution in [0.3, 0.4) is 0 Å². The average molecular weight is 270 g/mol. The Balaban J connectivity index is 2.07. The lowest BCUT2D eigenvalue weighted by Gasteiger charge is -2.17. The number of rotatable bonds is 5. The van der Waals surface area contributed by atoms with E-state index < -0.39 is 0 Å². The van der Waals surface area contributed by atoms with E-state index in [-0.39, 0.29) is 6.04 Å². The lowest BCUT2D eigenvalue weighted by atomic mass is 10.0. The molecule has 1 aromatic heterocycles. The molecule has 2 aromatic rings. The fourth-order valence-electron chi connectivity index (χ4n) is 2.24. The molecule has 3 heteroatoms. The number of nitrogens with one attached hydrogen (secondary N) is 1. The minimum Gasteiger partial charge on any atom is -0.496 e. The third-order valence-electron chi connectivity index (χ3n) is 3.39. The van der Waals surface area contributed by atoms with Gasteiger partial charge in [0.1, 0.15) is 5.75 Å². The first-order chi connectivity index (χ1) is 9.60. The van der Waals surface area contributed by atoms with Gasteiger partial charge in [-0.15, -0.1) is 0 Å². The zero-order valence-electron chi connectivity index (χ0n) is 12.6. The van der Waals surface area contributed by atoms with E-state index in [2.05, 4.69) is 42.3 Å². The van der Waals surface area contributed by atoms with Gasteiger partial charge < -0.3 is 10.1 Å². The second-order valence-corrected chi connectivity index (χ2v) is 5.12. The van der Waals surface area contributed by atoms with Gasteiger partial charge in [-0.05, 0) is 44.5 Å². The Kier molecular flexibility index (Phi) is 4.74. The van der Waals surface area contributed by atoms with Crippen molar-refractivity contribution in [1.82, 2.24) is 10.3 Å². The van der Waals surface area contributed by atoms with Crippen LogP contribution in [0, 0.1) is 13.8 Å². The average Bonchev–Trinajstić information content (AvgIpc) is 2.44. The van der Waals surface area contributed by atoms with E-state index in [1.54, 1.807) is 7.11 Å². The number of benzene rings is 1. The van der Waals surface area contributed by atoms with Crippen molar-refractivity contribution in [2.24, 2.45) is 0 Å². The Labute approximate surface area is 121 Å². The van der Waals surface area contributed by atoms with Crippen LogP contribution in [-0.2, 0) is 6.54 Å². The molecule has 0 bridgehead atoms. The second-order valence-electron chi connectivity index (χ2n) is 5.12. The molecule has 0 fully saturated rings. The number of aromatic nitrogens is 1. The predicted octanol–water partition coefficient (Wildman–Crippen LogP) is 3.56. The minimum absolute atomic E-state index is 0.216. The molecule has 3 nitrogen and oxygen atoms in total. The number of methoxy groups -OCH3 is 1. The second kappa shape index (κ2) is 6.53. The van der Waals surface area contributed by atoms with Crippen LogP contribution in [-0.4, -0.2) is 12.1 Å². The van der Waals surface area contributed by atoms with Crippen molar-refractivity contribution in [2.75, 3.05) is 7.11 Å².